The highest BCUT2D eigenvalue weighted by Crippen LogP contribution is 2.19. The van der Waals surface area contributed by atoms with Crippen LogP contribution in [0.4, 0.5) is 5.69 Å². The topological polar surface area (TPSA) is 68.2 Å². The minimum atomic E-state index is -0.0226. The van der Waals surface area contributed by atoms with E-state index < -0.39 is 0 Å². The van der Waals surface area contributed by atoms with E-state index in [9.17, 15) is 4.79 Å². The fourth-order valence-corrected chi connectivity index (χ4v) is 2.38. The van der Waals surface area contributed by atoms with Gasteiger partial charge in [0.2, 0.25) is 5.91 Å². The number of imidazole rings is 1. The number of benzene rings is 1. The predicted molar refractivity (Wildman–Crippen MR) is 79.4 cm³/mol. The first-order chi connectivity index (χ1) is 10.3. The van der Waals surface area contributed by atoms with Crippen molar-refractivity contribution in [3.8, 4) is 5.69 Å². The van der Waals surface area contributed by atoms with E-state index in [4.69, 9.17) is 4.74 Å². The third-order valence-electron chi connectivity index (χ3n) is 3.39. The number of ether oxygens (including phenoxy) is 1. The second-order valence-electron chi connectivity index (χ2n) is 4.97. The number of carbonyl (C=O) groups excluding carboxylic acids is 1. The third kappa shape index (κ3) is 3.48. The zero-order valence-corrected chi connectivity index (χ0v) is 11.7. The molecular formula is C15H18N4O2. The van der Waals surface area contributed by atoms with Crippen LogP contribution < -0.4 is 10.6 Å². The van der Waals surface area contributed by atoms with Crippen molar-refractivity contribution in [1.29, 1.82) is 0 Å². The fourth-order valence-electron chi connectivity index (χ4n) is 2.38. The van der Waals surface area contributed by atoms with Gasteiger partial charge in [-0.3, -0.25) is 4.79 Å². The monoisotopic (exact) mass is 286 g/mol. The lowest BCUT2D eigenvalue weighted by molar-refractivity contribution is -0.117. The highest BCUT2D eigenvalue weighted by molar-refractivity contribution is 5.93. The van der Waals surface area contributed by atoms with Gasteiger partial charge in [0.1, 0.15) is 0 Å². The Kier molecular flexibility index (Phi) is 4.28. The fraction of sp³-hybridized carbons (Fsp3) is 0.333. The van der Waals surface area contributed by atoms with Gasteiger partial charge in [-0.05, 0) is 12.1 Å². The van der Waals surface area contributed by atoms with Crippen molar-refractivity contribution in [2.24, 2.45) is 0 Å². The van der Waals surface area contributed by atoms with Gasteiger partial charge in [-0.2, -0.15) is 0 Å². The molecule has 1 fully saturated rings. The molecule has 6 heteroatoms. The molecule has 2 heterocycles. The summed E-state index contributed by atoms with van der Waals surface area (Å²) in [6.45, 7) is 2.09. The Labute approximate surface area is 123 Å². The number of para-hydroxylation sites is 2. The number of nitrogens with zero attached hydrogens (tertiary/aromatic N) is 2. The molecule has 1 saturated heterocycles. The summed E-state index contributed by atoms with van der Waals surface area (Å²) < 4.78 is 7.23. The van der Waals surface area contributed by atoms with Crippen molar-refractivity contribution >= 4 is 11.6 Å². The second-order valence-corrected chi connectivity index (χ2v) is 4.97. The maximum absolute atomic E-state index is 12.2. The van der Waals surface area contributed by atoms with Gasteiger partial charge in [0.25, 0.3) is 0 Å². The van der Waals surface area contributed by atoms with Crippen LogP contribution in [0.1, 0.15) is 6.42 Å². The van der Waals surface area contributed by atoms with Crippen molar-refractivity contribution in [1.82, 2.24) is 14.9 Å². The Bertz CT molecular complexity index is 591. The van der Waals surface area contributed by atoms with Gasteiger partial charge in [0.15, 0.2) is 0 Å². The lowest BCUT2D eigenvalue weighted by atomic mass is 10.2. The summed E-state index contributed by atoms with van der Waals surface area (Å²) in [6, 6.07) is 7.75. The second kappa shape index (κ2) is 6.51. The average molecular weight is 286 g/mol. The van der Waals surface area contributed by atoms with Crippen molar-refractivity contribution < 1.29 is 9.53 Å². The molecule has 21 heavy (non-hydrogen) atoms. The molecule has 1 aliphatic heterocycles. The lowest BCUT2D eigenvalue weighted by Crippen LogP contribution is -2.43. The van der Waals surface area contributed by atoms with E-state index in [1.165, 1.54) is 0 Å². The van der Waals surface area contributed by atoms with Gasteiger partial charge in [0.05, 0.1) is 30.9 Å². The van der Waals surface area contributed by atoms with E-state index in [0.29, 0.717) is 19.6 Å². The zero-order chi connectivity index (χ0) is 14.5. The Hall–Kier alpha value is -2.18. The van der Waals surface area contributed by atoms with E-state index in [1.807, 2.05) is 35.0 Å². The van der Waals surface area contributed by atoms with Crippen LogP contribution in [-0.4, -0.2) is 41.3 Å². The molecular weight excluding hydrogens is 268 g/mol. The summed E-state index contributed by atoms with van der Waals surface area (Å²) in [5.74, 6) is -0.0226. The quantitative estimate of drug-likeness (QED) is 0.886. The molecule has 0 aliphatic carbocycles. The maximum Gasteiger partial charge on any atom is 0.226 e. The van der Waals surface area contributed by atoms with E-state index in [0.717, 1.165) is 17.9 Å². The Morgan fingerprint density at radius 3 is 3.14 bits per heavy atom. The number of morpholine rings is 1. The number of hydrogen-bond acceptors (Lipinski definition) is 4. The van der Waals surface area contributed by atoms with Gasteiger partial charge >= 0.3 is 0 Å². The molecule has 0 saturated carbocycles. The highest BCUT2D eigenvalue weighted by atomic mass is 16.5. The number of nitrogens with one attached hydrogen (secondary N) is 2. The molecule has 1 aromatic heterocycles. The van der Waals surface area contributed by atoms with Crippen LogP contribution in [-0.2, 0) is 9.53 Å². The molecule has 2 N–H and O–H groups in total. The van der Waals surface area contributed by atoms with E-state index in [1.54, 1.807) is 12.5 Å². The van der Waals surface area contributed by atoms with E-state index in [2.05, 4.69) is 15.6 Å². The minimum absolute atomic E-state index is 0.0226. The minimum Gasteiger partial charge on any atom is -0.378 e. The van der Waals surface area contributed by atoms with E-state index >= 15 is 0 Å². The number of amides is 1. The number of anilines is 1. The maximum atomic E-state index is 12.2. The molecule has 1 atom stereocenters. The number of carbonyl (C=O) groups is 1. The van der Waals surface area contributed by atoms with Crippen LogP contribution in [0.15, 0.2) is 43.0 Å². The van der Waals surface area contributed by atoms with Crippen LogP contribution in [0, 0.1) is 0 Å². The molecule has 6 nitrogen and oxygen atoms in total. The third-order valence-corrected chi connectivity index (χ3v) is 3.39. The van der Waals surface area contributed by atoms with Crippen molar-refractivity contribution in [3.05, 3.63) is 43.0 Å². The smallest absolute Gasteiger partial charge is 0.226 e. The van der Waals surface area contributed by atoms with Crippen LogP contribution in [0.5, 0.6) is 0 Å². The number of rotatable bonds is 4. The van der Waals surface area contributed by atoms with Crippen LogP contribution in [0.2, 0.25) is 0 Å². The normalized spacial score (nSPS) is 18.4. The Morgan fingerprint density at radius 2 is 2.38 bits per heavy atom. The zero-order valence-electron chi connectivity index (χ0n) is 11.7. The standard InChI is InChI=1S/C15H18N4O2/c20-15(9-12-10-21-8-6-17-12)18-13-3-1-2-4-14(13)19-7-5-16-11-19/h1-5,7,11-12,17H,6,8-10H2,(H,18,20). The van der Waals surface area contributed by atoms with Gasteiger partial charge in [0, 0.05) is 31.4 Å². The SMILES string of the molecule is O=C(CC1COCCN1)Nc1ccccc1-n1ccnc1. The molecule has 0 spiro atoms. The summed E-state index contributed by atoms with van der Waals surface area (Å²) in [4.78, 5) is 16.2. The first kappa shape index (κ1) is 13.8. The Morgan fingerprint density at radius 1 is 1.48 bits per heavy atom. The summed E-state index contributed by atoms with van der Waals surface area (Å²) in [5.41, 5.74) is 1.67. The molecule has 0 radical (unpaired) electrons. The predicted octanol–water partition coefficient (Wildman–Crippen LogP) is 1.19. The largest absolute Gasteiger partial charge is 0.378 e. The summed E-state index contributed by atoms with van der Waals surface area (Å²) in [5, 5.41) is 6.24. The van der Waals surface area contributed by atoms with Gasteiger partial charge in [-0.25, -0.2) is 4.98 Å². The summed E-state index contributed by atoms with van der Waals surface area (Å²) >= 11 is 0. The average Bonchev–Trinajstić information content (AvgIpc) is 3.03. The molecule has 1 unspecified atom stereocenters. The van der Waals surface area contributed by atoms with Crippen LogP contribution >= 0.6 is 0 Å². The lowest BCUT2D eigenvalue weighted by Gasteiger charge is -2.23. The van der Waals surface area contributed by atoms with Gasteiger partial charge in [-0.1, -0.05) is 12.1 Å². The first-order valence-electron chi connectivity index (χ1n) is 7.01. The van der Waals surface area contributed by atoms with Crippen molar-refractivity contribution in [2.45, 2.75) is 12.5 Å². The van der Waals surface area contributed by atoms with Crippen molar-refractivity contribution in [2.75, 3.05) is 25.1 Å². The number of hydrogen-bond donors (Lipinski definition) is 2. The Balaban J connectivity index is 1.68. The summed E-state index contributed by atoms with van der Waals surface area (Å²) in [7, 11) is 0. The number of aromatic nitrogens is 2. The van der Waals surface area contributed by atoms with Gasteiger partial charge in [-0.15, -0.1) is 0 Å². The molecule has 2 aromatic rings. The molecule has 1 amide bonds. The molecule has 1 aromatic carbocycles. The molecule has 0 bridgehead atoms. The molecule has 110 valence electrons. The first-order valence-corrected chi connectivity index (χ1v) is 7.01. The highest BCUT2D eigenvalue weighted by Gasteiger charge is 2.17. The van der Waals surface area contributed by atoms with Crippen LogP contribution in [0.3, 0.4) is 0 Å². The van der Waals surface area contributed by atoms with Crippen molar-refractivity contribution in [3.63, 3.8) is 0 Å². The molecule has 1 aliphatic rings. The molecule has 3 rings (SSSR count). The summed E-state index contributed by atoms with van der Waals surface area (Å²) in [6.07, 6.45) is 5.67. The van der Waals surface area contributed by atoms with Gasteiger partial charge < -0.3 is 19.9 Å². The van der Waals surface area contributed by atoms with Crippen LogP contribution in [0.25, 0.3) is 5.69 Å². The van der Waals surface area contributed by atoms with E-state index in [-0.39, 0.29) is 11.9 Å².